The van der Waals surface area contributed by atoms with Gasteiger partial charge in [0.25, 0.3) is 0 Å². The van der Waals surface area contributed by atoms with Gasteiger partial charge in [0.05, 0.1) is 11.7 Å². The van der Waals surface area contributed by atoms with Gasteiger partial charge in [0.15, 0.2) is 0 Å². The summed E-state index contributed by atoms with van der Waals surface area (Å²) in [6.07, 6.45) is 3.38. The topological polar surface area (TPSA) is 70.5 Å². The fourth-order valence-corrected chi connectivity index (χ4v) is 2.82. The molecule has 17 heavy (non-hydrogen) atoms. The number of hydrogen-bond acceptors (Lipinski definition) is 4. The van der Waals surface area contributed by atoms with Gasteiger partial charge in [-0.1, -0.05) is 5.11 Å². The predicted octanol–water partition coefficient (Wildman–Crippen LogP) is 1.57. The Hall–Kier alpha value is -0.810. The molecular formula is C11H20N4O2. The van der Waals surface area contributed by atoms with E-state index in [0.29, 0.717) is 12.6 Å². The second kappa shape index (κ2) is 5.69. The van der Waals surface area contributed by atoms with Gasteiger partial charge in [-0.2, -0.15) is 0 Å². The summed E-state index contributed by atoms with van der Waals surface area (Å²) >= 11 is 0. The van der Waals surface area contributed by atoms with Crippen LogP contribution in [0.3, 0.4) is 0 Å². The van der Waals surface area contributed by atoms with Crippen LogP contribution in [0.4, 0.5) is 0 Å². The Morgan fingerprint density at radius 1 is 1.65 bits per heavy atom. The Morgan fingerprint density at radius 2 is 2.53 bits per heavy atom. The number of nitrogens with zero attached hydrogens (tertiary/aromatic N) is 4. The quantitative estimate of drug-likeness (QED) is 0.425. The van der Waals surface area contributed by atoms with Crippen molar-refractivity contribution in [2.24, 2.45) is 5.11 Å². The second-order valence-electron chi connectivity index (χ2n) is 4.86. The minimum atomic E-state index is -0.0186. The molecule has 2 fully saturated rings. The lowest BCUT2D eigenvalue weighted by Crippen LogP contribution is -2.44. The van der Waals surface area contributed by atoms with Gasteiger partial charge in [0.1, 0.15) is 0 Å². The average molecular weight is 240 g/mol. The van der Waals surface area contributed by atoms with Gasteiger partial charge in [0, 0.05) is 51.2 Å². The molecule has 0 N–H and O–H groups in total. The van der Waals surface area contributed by atoms with E-state index in [2.05, 4.69) is 14.9 Å². The summed E-state index contributed by atoms with van der Waals surface area (Å²) in [4.78, 5) is 5.09. The van der Waals surface area contributed by atoms with Crippen molar-refractivity contribution in [2.45, 2.75) is 31.0 Å². The first-order chi connectivity index (χ1) is 8.28. The summed E-state index contributed by atoms with van der Waals surface area (Å²) in [6.45, 7) is 4.13. The molecule has 6 nitrogen and oxygen atoms in total. The fraction of sp³-hybridized carbons (Fsp3) is 1.00. The number of rotatable bonds is 4. The Bertz CT molecular complexity index is 306. The van der Waals surface area contributed by atoms with E-state index >= 15 is 0 Å². The fourth-order valence-electron chi connectivity index (χ4n) is 2.82. The van der Waals surface area contributed by atoms with Crippen molar-refractivity contribution in [3.63, 3.8) is 0 Å². The summed E-state index contributed by atoms with van der Waals surface area (Å²) < 4.78 is 11.4. The average Bonchev–Trinajstić information content (AvgIpc) is 2.73. The van der Waals surface area contributed by atoms with E-state index in [-0.39, 0.29) is 5.60 Å². The Balaban J connectivity index is 1.84. The van der Waals surface area contributed by atoms with Crippen LogP contribution in [0.5, 0.6) is 0 Å². The van der Waals surface area contributed by atoms with Crippen LogP contribution < -0.4 is 0 Å². The normalized spacial score (nSPS) is 33.8. The number of methoxy groups -OCH3 is 1. The smallest absolute Gasteiger partial charge is 0.0845 e. The molecular weight excluding hydrogens is 220 g/mol. The van der Waals surface area contributed by atoms with Crippen molar-refractivity contribution in [3.8, 4) is 0 Å². The molecule has 0 radical (unpaired) electrons. The van der Waals surface area contributed by atoms with Crippen LogP contribution >= 0.6 is 0 Å². The van der Waals surface area contributed by atoms with E-state index in [4.69, 9.17) is 15.0 Å². The molecule has 0 unspecified atom stereocenters. The maximum atomic E-state index is 8.25. The van der Waals surface area contributed by atoms with Crippen LogP contribution in [0, 0.1) is 0 Å². The van der Waals surface area contributed by atoms with Crippen LogP contribution in [0.1, 0.15) is 19.3 Å². The van der Waals surface area contributed by atoms with Gasteiger partial charge in [-0.25, -0.2) is 0 Å². The first-order valence-corrected chi connectivity index (χ1v) is 6.18. The van der Waals surface area contributed by atoms with E-state index in [1.54, 1.807) is 7.11 Å². The molecule has 0 aromatic carbocycles. The lowest BCUT2D eigenvalue weighted by molar-refractivity contribution is -0.119. The molecule has 2 atom stereocenters. The highest BCUT2D eigenvalue weighted by atomic mass is 16.5. The first-order valence-electron chi connectivity index (χ1n) is 6.18. The van der Waals surface area contributed by atoms with Gasteiger partial charge < -0.3 is 14.4 Å². The molecule has 2 aliphatic rings. The summed E-state index contributed by atoms with van der Waals surface area (Å²) in [5.41, 5.74) is 8.23. The van der Waals surface area contributed by atoms with Crippen LogP contribution in [0.2, 0.25) is 0 Å². The second-order valence-corrected chi connectivity index (χ2v) is 4.86. The SMILES string of the molecule is CO[C@@H]1CCO[C@]2(CCN(CCN=[N+]=[N-])C2)C1. The molecule has 2 heterocycles. The third kappa shape index (κ3) is 3.10. The number of ether oxygens (including phenoxy) is 2. The van der Waals surface area contributed by atoms with Crippen LogP contribution in [-0.2, 0) is 9.47 Å². The zero-order valence-corrected chi connectivity index (χ0v) is 10.3. The molecule has 6 heteroatoms. The maximum Gasteiger partial charge on any atom is 0.0845 e. The summed E-state index contributed by atoms with van der Waals surface area (Å²) in [5, 5.41) is 3.57. The van der Waals surface area contributed by atoms with Gasteiger partial charge in [-0.15, -0.1) is 0 Å². The van der Waals surface area contributed by atoms with Gasteiger partial charge >= 0.3 is 0 Å². The minimum Gasteiger partial charge on any atom is -0.381 e. The van der Waals surface area contributed by atoms with Crippen LogP contribution in [-0.4, -0.2) is 56.5 Å². The molecule has 0 amide bonds. The molecule has 0 saturated carbocycles. The zero-order valence-electron chi connectivity index (χ0n) is 10.3. The van der Waals surface area contributed by atoms with Crippen molar-refractivity contribution < 1.29 is 9.47 Å². The lowest BCUT2D eigenvalue weighted by atomic mass is 9.91. The molecule has 2 aliphatic heterocycles. The molecule has 2 saturated heterocycles. The third-order valence-electron chi connectivity index (χ3n) is 3.76. The molecule has 0 aromatic rings. The highest BCUT2D eigenvalue weighted by Crippen LogP contribution is 2.34. The summed E-state index contributed by atoms with van der Waals surface area (Å²) in [5.74, 6) is 0. The standard InChI is InChI=1S/C11H20N4O2/c1-16-10-2-7-17-11(8-10)3-5-15(9-11)6-4-13-14-12/h10H,2-9H2,1H3/t10-,11-/m1/s1. The van der Waals surface area contributed by atoms with E-state index in [9.17, 15) is 0 Å². The summed E-state index contributed by atoms with van der Waals surface area (Å²) in [7, 11) is 1.78. The molecule has 0 bridgehead atoms. The zero-order chi connectivity index (χ0) is 12.1. The van der Waals surface area contributed by atoms with Gasteiger partial charge in [0.2, 0.25) is 0 Å². The Morgan fingerprint density at radius 3 is 3.29 bits per heavy atom. The van der Waals surface area contributed by atoms with Crippen molar-refractivity contribution in [2.75, 3.05) is 39.9 Å². The van der Waals surface area contributed by atoms with E-state index in [0.717, 1.165) is 45.5 Å². The number of azide groups is 1. The van der Waals surface area contributed by atoms with E-state index in [1.807, 2.05) is 0 Å². The summed E-state index contributed by atoms with van der Waals surface area (Å²) in [6, 6.07) is 0. The van der Waals surface area contributed by atoms with Crippen molar-refractivity contribution in [1.29, 1.82) is 0 Å². The van der Waals surface area contributed by atoms with E-state index < -0.39 is 0 Å². The number of likely N-dealkylation sites (tertiary alicyclic amines) is 1. The predicted molar refractivity (Wildman–Crippen MR) is 63.8 cm³/mol. The highest BCUT2D eigenvalue weighted by Gasteiger charge is 2.42. The van der Waals surface area contributed by atoms with Crippen molar-refractivity contribution in [1.82, 2.24) is 4.90 Å². The largest absolute Gasteiger partial charge is 0.381 e. The van der Waals surface area contributed by atoms with E-state index in [1.165, 1.54) is 0 Å². The number of hydrogen-bond donors (Lipinski definition) is 0. The molecule has 2 rings (SSSR count). The highest BCUT2D eigenvalue weighted by molar-refractivity contribution is 4.96. The van der Waals surface area contributed by atoms with Crippen LogP contribution in [0.15, 0.2) is 5.11 Å². The minimum absolute atomic E-state index is 0.0186. The maximum absolute atomic E-state index is 8.25. The first kappa shape index (κ1) is 12.6. The van der Waals surface area contributed by atoms with Crippen molar-refractivity contribution in [3.05, 3.63) is 10.4 Å². The van der Waals surface area contributed by atoms with Crippen LogP contribution in [0.25, 0.3) is 10.4 Å². The van der Waals surface area contributed by atoms with Gasteiger partial charge in [-0.05, 0) is 18.4 Å². The lowest BCUT2D eigenvalue weighted by Gasteiger charge is -2.37. The third-order valence-corrected chi connectivity index (χ3v) is 3.76. The van der Waals surface area contributed by atoms with Gasteiger partial charge in [-0.3, -0.25) is 0 Å². The monoisotopic (exact) mass is 240 g/mol. The molecule has 0 aromatic heterocycles. The molecule has 96 valence electrons. The molecule has 1 spiro atoms. The Labute approximate surface area is 101 Å². The Kier molecular flexibility index (Phi) is 4.23. The molecule has 0 aliphatic carbocycles. The van der Waals surface area contributed by atoms with Crippen molar-refractivity contribution >= 4 is 0 Å².